The normalized spacial score (nSPS) is 10.1. The van der Waals surface area contributed by atoms with Crippen LogP contribution in [0.15, 0.2) is 42.5 Å². The Bertz CT molecular complexity index is 703. The first-order valence-electron chi connectivity index (χ1n) is 6.17. The number of hydrogen-bond donors (Lipinski definition) is 2. The maximum absolute atomic E-state index is 12.7. The molecule has 0 aliphatic heterocycles. The summed E-state index contributed by atoms with van der Waals surface area (Å²) in [6.07, 6.45) is 0. The molecule has 2 rings (SSSR count). The van der Waals surface area contributed by atoms with Crippen molar-refractivity contribution in [2.45, 2.75) is 0 Å². The number of benzene rings is 2. The van der Waals surface area contributed by atoms with Gasteiger partial charge in [0.1, 0.15) is 17.1 Å². The van der Waals surface area contributed by atoms with E-state index in [2.05, 4.69) is 5.32 Å². The zero-order chi connectivity index (χ0) is 16.1. The lowest BCUT2D eigenvalue weighted by Crippen LogP contribution is -2.20. The molecule has 2 aromatic carbocycles. The Morgan fingerprint density at radius 2 is 1.86 bits per heavy atom. The van der Waals surface area contributed by atoms with Crippen molar-refractivity contribution in [3.63, 3.8) is 0 Å². The fourth-order valence-corrected chi connectivity index (χ4v) is 1.84. The first-order valence-corrected chi connectivity index (χ1v) is 6.54. The van der Waals surface area contributed by atoms with E-state index in [0.717, 1.165) is 0 Å². The summed E-state index contributed by atoms with van der Waals surface area (Å²) in [4.78, 5) is 22.8. The van der Waals surface area contributed by atoms with Gasteiger partial charge in [0.05, 0.1) is 0 Å². The second-order valence-electron chi connectivity index (χ2n) is 4.29. The molecule has 0 unspecified atom stereocenters. The molecule has 1 amide bonds. The van der Waals surface area contributed by atoms with E-state index in [-0.39, 0.29) is 22.9 Å². The van der Waals surface area contributed by atoms with Gasteiger partial charge >= 0.3 is 5.97 Å². The Hall–Kier alpha value is -2.60. The van der Waals surface area contributed by atoms with Crippen LogP contribution in [0.1, 0.15) is 10.4 Å². The van der Waals surface area contributed by atoms with Gasteiger partial charge in [-0.2, -0.15) is 0 Å². The molecule has 0 fully saturated rings. The lowest BCUT2D eigenvalue weighted by Gasteiger charge is -2.10. The summed E-state index contributed by atoms with van der Waals surface area (Å²) in [6, 6.07) is 9.28. The molecule has 0 aliphatic rings. The van der Waals surface area contributed by atoms with Crippen molar-refractivity contribution in [1.29, 1.82) is 0 Å². The first-order chi connectivity index (χ1) is 10.5. The number of carbonyl (C=O) groups is 2. The molecule has 7 heteroatoms. The number of ether oxygens (including phenoxy) is 1. The topological polar surface area (TPSA) is 75.6 Å². The molecule has 0 bridgehead atoms. The fraction of sp³-hybridized carbons (Fsp3) is 0.0667. The fourth-order valence-electron chi connectivity index (χ4n) is 1.67. The number of aromatic carboxylic acids is 1. The Kier molecular flexibility index (Phi) is 4.95. The Balaban J connectivity index is 1.99. The summed E-state index contributed by atoms with van der Waals surface area (Å²) >= 11 is 5.71. The Labute approximate surface area is 130 Å². The maximum Gasteiger partial charge on any atom is 0.339 e. The predicted molar refractivity (Wildman–Crippen MR) is 78.9 cm³/mol. The van der Waals surface area contributed by atoms with Crippen molar-refractivity contribution in [1.82, 2.24) is 0 Å². The van der Waals surface area contributed by atoms with E-state index in [9.17, 15) is 14.0 Å². The molecule has 114 valence electrons. The number of carbonyl (C=O) groups excluding carboxylic acids is 1. The molecule has 2 N–H and O–H groups in total. The lowest BCUT2D eigenvalue weighted by atomic mass is 10.2. The minimum absolute atomic E-state index is 0.0335. The number of carboxylic acid groups (broad SMARTS) is 1. The first kappa shape index (κ1) is 15.8. The number of anilines is 1. The highest BCUT2D eigenvalue weighted by molar-refractivity contribution is 6.31. The zero-order valence-corrected chi connectivity index (χ0v) is 11.9. The van der Waals surface area contributed by atoms with Crippen molar-refractivity contribution < 1.29 is 23.8 Å². The number of carboxylic acids is 1. The van der Waals surface area contributed by atoms with Gasteiger partial charge in [-0.25, -0.2) is 9.18 Å². The molecular formula is C15H11ClFNO4. The van der Waals surface area contributed by atoms with E-state index in [4.69, 9.17) is 21.4 Å². The predicted octanol–water partition coefficient (Wildman–Crippen LogP) is 3.19. The van der Waals surface area contributed by atoms with E-state index in [0.29, 0.717) is 5.69 Å². The Morgan fingerprint density at radius 3 is 2.50 bits per heavy atom. The molecule has 0 radical (unpaired) electrons. The number of rotatable bonds is 5. The second-order valence-corrected chi connectivity index (χ2v) is 4.73. The third kappa shape index (κ3) is 4.20. The van der Waals surface area contributed by atoms with Gasteiger partial charge in [-0.05, 0) is 42.5 Å². The summed E-state index contributed by atoms with van der Waals surface area (Å²) < 4.78 is 17.9. The standard InChI is InChI=1S/C15H11ClFNO4/c16-9-1-6-13(12(7-9)15(20)21)22-8-14(19)18-11-4-2-10(17)3-5-11/h1-7H,8H2,(H,18,19)(H,20,21). The molecule has 5 nitrogen and oxygen atoms in total. The van der Waals surface area contributed by atoms with Crippen molar-refractivity contribution in [3.05, 3.63) is 58.9 Å². The summed E-state index contributed by atoms with van der Waals surface area (Å²) in [7, 11) is 0. The van der Waals surface area contributed by atoms with Crippen LogP contribution in [-0.4, -0.2) is 23.6 Å². The van der Waals surface area contributed by atoms with Crippen molar-refractivity contribution >= 4 is 29.2 Å². The van der Waals surface area contributed by atoms with Crippen LogP contribution in [0.25, 0.3) is 0 Å². The van der Waals surface area contributed by atoms with Crippen LogP contribution in [0.2, 0.25) is 5.02 Å². The Morgan fingerprint density at radius 1 is 1.18 bits per heavy atom. The molecule has 0 aliphatic carbocycles. The minimum atomic E-state index is -1.21. The summed E-state index contributed by atoms with van der Waals surface area (Å²) in [5.41, 5.74) is 0.270. The highest BCUT2D eigenvalue weighted by Gasteiger charge is 2.13. The van der Waals surface area contributed by atoms with Crippen LogP contribution in [0.3, 0.4) is 0 Å². The summed E-state index contributed by atoms with van der Waals surface area (Å²) in [5, 5.41) is 11.8. The van der Waals surface area contributed by atoms with Gasteiger partial charge < -0.3 is 15.2 Å². The number of nitrogens with one attached hydrogen (secondary N) is 1. The molecule has 0 aromatic heterocycles. The van der Waals surface area contributed by atoms with E-state index in [1.54, 1.807) is 0 Å². The number of halogens is 2. The van der Waals surface area contributed by atoms with E-state index < -0.39 is 17.7 Å². The summed E-state index contributed by atoms with van der Waals surface area (Å²) in [6.45, 7) is -0.390. The molecule has 0 spiro atoms. The lowest BCUT2D eigenvalue weighted by molar-refractivity contribution is -0.118. The SMILES string of the molecule is O=C(COc1ccc(Cl)cc1C(=O)O)Nc1ccc(F)cc1. The largest absolute Gasteiger partial charge is 0.483 e. The summed E-state index contributed by atoms with van der Waals surface area (Å²) in [5.74, 6) is -2.10. The molecule has 2 aromatic rings. The molecule has 0 heterocycles. The van der Waals surface area contributed by atoms with Crippen molar-refractivity contribution in [2.75, 3.05) is 11.9 Å². The average molecular weight is 324 g/mol. The van der Waals surface area contributed by atoms with Gasteiger partial charge in [0.15, 0.2) is 6.61 Å². The highest BCUT2D eigenvalue weighted by atomic mass is 35.5. The molecular weight excluding hydrogens is 313 g/mol. The van der Waals surface area contributed by atoms with E-state index >= 15 is 0 Å². The highest BCUT2D eigenvalue weighted by Crippen LogP contribution is 2.23. The van der Waals surface area contributed by atoms with Gasteiger partial charge in [-0.15, -0.1) is 0 Å². The number of hydrogen-bond acceptors (Lipinski definition) is 3. The molecule has 0 atom stereocenters. The van der Waals surface area contributed by atoms with Gasteiger partial charge in [0.25, 0.3) is 5.91 Å². The zero-order valence-electron chi connectivity index (χ0n) is 11.2. The third-order valence-corrected chi connectivity index (χ3v) is 2.89. The van der Waals surface area contributed by atoms with Crippen LogP contribution in [0.4, 0.5) is 10.1 Å². The maximum atomic E-state index is 12.7. The number of amides is 1. The van der Waals surface area contributed by atoms with Crippen molar-refractivity contribution in [3.8, 4) is 5.75 Å². The van der Waals surface area contributed by atoms with Crippen molar-refractivity contribution in [2.24, 2.45) is 0 Å². The van der Waals surface area contributed by atoms with Crippen LogP contribution in [0, 0.1) is 5.82 Å². The third-order valence-electron chi connectivity index (χ3n) is 2.66. The van der Waals surface area contributed by atoms with Gasteiger partial charge in [-0.3, -0.25) is 4.79 Å². The van der Waals surface area contributed by atoms with Crippen LogP contribution in [-0.2, 0) is 4.79 Å². The smallest absolute Gasteiger partial charge is 0.339 e. The van der Waals surface area contributed by atoms with E-state index in [1.165, 1.54) is 42.5 Å². The molecule has 0 saturated heterocycles. The molecule has 0 saturated carbocycles. The quantitative estimate of drug-likeness (QED) is 0.886. The minimum Gasteiger partial charge on any atom is -0.483 e. The van der Waals surface area contributed by atoms with Gasteiger partial charge in [0.2, 0.25) is 0 Å². The monoisotopic (exact) mass is 323 g/mol. The average Bonchev–Trinajstić information content (AvgIpc) is 2.48. The van der Waals surface area contributed by atoms with Gasteiger partial charge in [-0.1, -0.05) is 11.6 Å². The van der Waals surface area contributed by atoms with E-state index in [1.807, 2.05) is 0 Å². The van der Waals surface area contributed by atoms with Crippen LogP contribution in [0.5, 0.6) is 5.75 Å². The molecule has 22 heavy (non-hydrogen) atoms. The van der Waals surface area contributed by atoms with Gasteiger partial charge in [0, 0.05) is 10.7 Å². The second kappa shape index (κ2) is 6.91. The van der Waals surface area contributed by atoms with Crippen LogP contribution >= 0.6 is 11.6 Å². The van der Waals surface area contributed by atoms with Crippen LogP contribution < -0.4 is 10.1 Å².